The maximum absolute atomic E-state index is 12.2. The molecule has 0 radical (unpaired) electrons. The maximum atomic E-state index is 12.2. The van der Waals surface area contributed by atoms with E-state index < -0.39 is 5.63 Å². The molecule has 0 saturated carbocycles. The van der Waals surface area contributed by atoms with Crippen LogP contribution in [-0.4, -0.2) is 19.8 Å². The van der Waals surface area contributed by atoms with Crippen LogP contribution < -0.4 is 19.8 Å². The van der Waals surface area contributed by atoms with Crippen molar-refractivity contribution in [3.8, 4) is 17.2 Å². The summed E-state index contributed by atoms with van der Waals surface area (Å²) < 4.78 is 22.2. The van der Waals surface area contributed by atoms with E-state index in [0.717, 1.165) is 12.8 Å². The number of ether oxygens (including phenoxy) is 3. The summed E-state index contributed by atoms with van der Waals surface area (Å²) in [6.07, 6.45) is 5.82. The second-order valence-electron chi connectivity index (χ2n) is 5.57. The topological polar surface area (TPSA) is 57.9 Å². The average molecular weight is 332 g/mol. The third kappa shape index (κ3) is 4.10. The molecule has 0 N–H and O–H groups in total. The van der Waals surface area contributed by atoms with Gasteiger partial charge in [0.05, 0.1) is 25.2 Å². The van der Waals surface area contributed by atoms with Gasteiger partial charge in [-0.15, -0.1) is 0 Å². The Morgan fingerprint density at radius 1 is 1.21 bits per heavy atom. The van der Waals surface area contributed by atoms with Crippen LogP contribution >= 0.6 is 0 Å². The fourth-order valence-corrected chi connectivity index (χ4v) is 2.33. The van der Waals surface area contributed by atoms with Gasteiger partial charge in [0.15, 0.2) is 17.1 Å². The molecule has 24 heavy (non-hydrogen) atoms. The minimum Gasteiger partial charge on any atom is -0.488 e. The van der Waals surface area contributed by atoms with Gasteiger partial charge >= 0.3 is 5.63 Å². The SMILES string of the molecule is CCC=CCCOc1c(OC)c(=O)oc2c(OC(C)C)cccc12. The molecule has 0 atom stereocenters. The van der Waals surface area contributed by atoms with Crippen LogP contribution in [0.1, 0.15) is 33.6 Å². The van der Waals surface area contributed by atoms with Crippen molar-refractivity contribution in [1.82, 2.24) is 0 Å². The van der Waals surface area contributed by atoms with Crippen molar-refractivity contribution in [2.75, 3.05) is 13.7 Å². The van der Waals surface area contributed by atoms with Crippen LogP contribution in [0.4, 0.5) is 0 Å². The van der Waals surface area contributed by atoms with E-state index in [2.05, 4.69) is 13.0 Å². The lowest BCUT2D eigenvalue weighted by Gasteiger charge is -2.15. The van der Waals surface area contributed by atoms with Gasteiger partial charge in [-0.2, -0.15) is 0 Å². The Labute approximate surface area is 141 Å². The van der Waals surface area contributed by atoms with E-state index in [4.69, 9.17) is 18.6 Å². The van der Waals surface area contributed by atoms with Gasteiger partial charge in [0, 0.05) is 0 Å². The molecule has 0 aliphatic carbocycles. The summed E-state index contributed by atoms with van der Waals surface area (Å²) in [6, 6.07) is 5.43. The predicted molar refractivity (Wildman–Crippen MR) is 94.3 cm³/mol. The molecule has 0 unspecified atom stereocenters. The Morgan fingerprint density at radius 3 is 2.67 bits per heavy atom. The number of methoxy groups -OCH3 is 1. The lowest BCUT2D eigenvalue weighted by Crippen LogP contribution is -2.10. The normalized spacial score (nSPS) is 11.4. The van der Waals surface area contributed by atoms with Crippen LogP contribution in [0.5, 0.6) is 17.2 Å². The summed E-state index contributed by atoms with van der Waals surface area (Å²) in [5.41, 5.74) is -0.208. The fraction of sp³-hybridized carbons (Fsp3) is 0.421. The highest BCUT2D eigenvalue weighted by molar-refractivity contribution is 5.89. The Kier molecular flexibility index (Phi) is 6.29. The van der Waals surface area contributed by atoms with Gasteiger partial charge < -0.3 is 18.6 Å². The van der Waals surface area contributed by atoms with E-state index in [1.807, 2.05) is 32.1 Å². The van der Waals surface area contributed by atoms with E-state index in [9.17, 15) is 4.79 Å². The molecule has 1 aromatic heterocycles. The summed E-state index contributed by atoms with van der Waals surface area (Å²) >= 11 is 0. The van der Waals surface area contributed by atoms with Crippen molar-refractivity contribution in [2.45, 2.75) is 39.7 Å². The average Bonchev–Trinajstić information content (AvgIpc) is 2.54. The molecule has 0 spiro atoms. The number of benzene rings is 1. The molecule has 0 amide bonds. The summed E-state index contributed by atoms with van der Waals surface area (Å²) in [5, 5.41) is 0.657. The quantitative estimate of drug-likeness (QED) is 0.409. The summed E-state index contributed by atoms with van der Waals surface area (Å²) in [6.45, 7) is 6.35. The van der Waals surface area contributed by atoms with Crippen molar-refractivity contribution in [1.29, 1.82) is 0 Å². The minimum atomic E-state index is -0.580. The van der Waals surface area contributed by atoms with Crippen molar-refractivity contribution >= 4 is 11.0 Å². The third-order valence-electron chi connectivity index (χ3n) is 3.31. The first-order valence-electron chi connectivity index (χ1n) is 8.16. The number of para-hydroxylation sites is 1. The minimum absolute atomic E-state index is 0.0356. The molecular weight excluding hydrogens is 308 g/mol. The monoisotopic (exact) mass is 332 g/mol. The summed E-state index contributed by atoms with van der Waals surface area (Å²) in [5.74, 6) is 0.976. The molecule has 1 aromatic carbocycles. The molecule has 5 heteroatoms. The van der Waals surface area contributed by atoms with Crippen LogP contribution in [0.25, 0.3) is 11.0 Å². The highest BCUT2D eigenvalue weighted by Crippen LogP contribution is 2.37. The standard InChI is InChI=1S/C19H24O5/c1-5-6-7-8-12-22-17-14-10-9-11-15(23-13(2)3)16(14)24-19(20)18(17)21-4/h6-7,9-11,13H,5,8,12H2,1-4H3. The lowest BCUT2D eigenvalue weighted by atomic mass is 10.2. The second-order valence-corrected chi connectivity index (χ2v) is 5.57. The zero-order valence-corrected chi connectivity index (χ0v) is 14.6. The molecule has 0 aliphatic rings. The first kappa shape index (κ1) is 17.9. The second kappa shape index (κ2) is 8.43. The lowest BCUT2D eigenvalue weighted by molar-refractivity contribution is 0.240. The van der Waals surface area contributed by atoms with Crippen molar-refractivity contribution in [3.63, 3.8) is 0 Å². The van der Waals surface area contributed by atoms with Gasteiger partial charge in [0.25, 0.3) is 0 Å². The number of hydrogen-bond donors (Lipinski definition) is 0. The predicted octanol–water partition coefficient (Wildman–Crippen LogP) is 4.32. The summed E-state index contributed by atoms with van der Waals surface area (Å²) in [4.78, 5) is 12.2. The van der Waals surface area contributed by atoms with E-state index in [0.29, 0.717) is 29.1 Å². The fourth-order valence-electron chi connectivity index (χ4n) is 2.33. The van der Waals surface area contributed by atoms with Gasteiger partial charge in [-0.1, -0.05) is 25.1 Å². The van der Waals surface area contributed by atoms with Crippen molar-refractivity contribution in [3.05, 3.63) is 40.8 Å². The molecule has 130 valence electrons. The van der Waals surface area contributed by atoms with Crippen LogP contribution in [0.2, 0.25) is 0 Å². The number of fused-ring (bicyclic) bond motifs is 1. The number of hydrogen-bond acceptors (Lipinski definition) is 5. The van der Waals surface area contributed by atoms with Crippen LogP contribution in [0, 0.1) is 0 Å². The highest BCUT2D eigenvalue weighted by Gasteiger charge is 2.19. The molecule has 1 heterocycles. The smallest absolute Gasteiger partial charge is 0.383 e. The Balaban J connectivity index is 2.46. The van der Waals surface area contributed by atoms with Gasteiger partial charge in [0.1, 0.15) is 0 Å². The van der Waals surface area contributed by atoms with Crippen LogP contribution in [0.15, 0.2) is 39.6 Å². The molecular formula is C19H24O5. The highest BCUT2D eigenvalue weighted by atomic mass is 16.5. The molecule has 0 saturated heterocycles. The Morgan fingerprint density at radius 2 is 2.00 bits per heavy atom. The van der Waals surface area contributed by atoms with E-state index in [-0.39, 0.29) is 11.9 Å². The molecule has 0 bridgehead atoms. The molecule has 0 fully saturated rings. The van der Waals surface area contributed by atoms with E-state index in [1.54, 1.807) is 6.07 Å². The molecule has 0 aliphatic heterocycles. The molecule has 2 rings (SSSR count). The third-order valence-corrected chi connectivity index (χ3v) is 3.31. The Bertz CT molecular complexity index is 758. The molecule has 5 nitrogen and oxygen atoms in total. The zero-order chi connectivity index (χ0) is 17.5. The number of rotatable bonds is 8. The van der Waals surface area contributed by atoms with Gasteiger partial charge in [-0.25, -0.2) is 4.79 Å². The zero-order valence-electron chi connectivity index (χ0n) is 14.6. The first-order valence-corrected chi connectivity index (χ1v) is 8.16. The number of allylic oxidation sites excluding steroid dienone is 1. The maximum Gasteiger partial charge on any atom is 0.383 e. The van der Waals surface area contributed by atoms with Gasteiger partial charge in [-0.05, 0) is 38.8 Å². The van der Waals surface area contributed by atoms with Gasteiger partial charge in [0.2, 0.25) is 5.75 Å². The van der Waals surface area contributed by atoms with Crippen LogP contribution in [-0.2, 0) is 0 Å². The van der Waals surface area contributed by atoms with Crippen molar-refractivity contribution < 1.29 is 18.6 Å². The first-order chi connectivity index (χ1) is 11.6. The Hall–Kier alpha value is -2.43. The molecule has 2 aromatic rings. The summed E-state index contributed by atoms with van der Waals surface area (Å²) in [7, 11) is 1.43. The van der Waals surface area contributed by atoms with Crippen LogP contribution in [0.3, 0.4) is 0 Å². The van der Waals surface area contributed by atoms with Gasteiger partial charge in [-0.3, -0.25) is 0 Å². The van der Waals surface area contributed by atoms with E-state index >= 15 is 0 Å². The van der Waals surface area contributed by atoms with E-state index in [1.165, 1.54) is 7.11 Å². The van der Waals surface area contributed by atoms with Crippen molar-refractivity contribution in [2.24, 2.45) is 0 Å². The largest absolute Gasteiger partial charge is 0.488 e.